The summed E-state index contributed by atoms with van der Waals surface area (Å²) in [7, 11) is 0. The first-order valence-corrected chi connectivity index (χ1v) is 14.0. The van der Waals surface area contributed by atoms with Crippen LogP contribution in [0.25, 0.3) is 5.70 Å². The van der Waals surface area contributed by atoms with Crippen LogP contribution in [0.2, 0.25) is 0 Å². The smallest absolute Gasteiger partial charge is 0.135 e. The summed E-state index contributed by atoms with van der Waals surface area (Å²) >= 11 is 0. The number of rotatable bonds is 18. The second kappa shape index (κ2) is 21.3. The average molecular weight is 571 g/mol. The minimum atomic E-state index is -0.683. The maximum Gasteiger partial charge on any atom is 0.135 e. The predicted octanol–water partition coefficient (Wildman–Crippen LogP) is 10.1. The zero-order valence-corrected chi connectivity index (χ0v) is 25.4. The van der Waals surface area contributed by atoms with Crippen LogP contribution in [0.1, 0.15) is 46.1 Å². The average Bonchev–Trinajstić information content (AvgIpc) is 2.97. The summed E-state index contributed by atoms with van der Waals surface area (Å²) in [6.45, 7) is 20.8. The molecule has 222 valence electrons. The van der Waals surface area contributed by atoms with E-state index in [1.54, 1.807) is 24.6 Å². The van der Waals surface area contributed by atoms with Crippen molar-refractivity contribution >= 4 is 11.9 Å². The third kappa shape index (κ3) is 14.8. The van der Waals surface area contributed by atoms with Crippen molar-refractivity contribution in [2.24, 2.45) is 4.99 Å². The Morgan fingerprint density at radius 2 is 1.83 bits per heavy atom. The maximum absolute atomic E-state index is 14.5. The van der Waals surface area contributed by atoms with Crippen LogP contribution in [-0.4, -0.2) is 19.4 Å². The van der Waals surface area contributed by atoms with Gasteiger partial charge in [0, 0.05) is 30.6 Å². The van der Waals surface area contributed by atoms with Crippen molar-refractivity contribution in [2.45, 2.75) is 40.5 Å². The van der Waals surface area contributed by atoms with Gasteiger partial charge in [-0.25, -0.2) is 8.78 Å². The summed E-state index contributed by atoms with van der Waals surface area (Å²) < 4.78 is 33.4. The van der Waals surface area contributed by atoms with E-state index in [4.69, 9.17) is 4.74 Å². The maximum atomic E-state index is 14.5. The van der Waals surface area contributed by atoms with Gasteiger partial charge in [0.2, 0.25) is 0 Å². The number of hydrogen-bond donors (Lipinski definition) is 1. The van der Waals surface area contributed by atoms with Crippen molar-refractivity contribution in [3.05, 3.63) is 162 Å². The zero-order chi connectivity index (χ0) is 31.2. The summed E-state index contributed by atoms with van der Waals surface area (Å²) in [5.41, 5.74) is 4.56. The molecule has 0 fully saturated rings. The lowest BCUT2D eigenvalue weighted by Crippen LogP contribution is -2.05. The van der Waals surface area contributed by atoms with Gasteiger partial charge in [-0.2, -0.15) is 0 Å². The van der Waals surface area contributed by atoms with Crippen molar-refractivity contribution in [3.63, 3.8) is 0 Å². The highest BCUT2D eigenvalue weighted by Gasteiger charge is 2.08. The van der Waals surface area contributed by atoms with Crippen LogP contribution in [0, 0.1) is 11.6 Å². The van der Waals surface area contributed by atoms with Crippen LogP contribution in [0.15, 0.2) is 150 Å². The molecule has 1 aromatic carbocycles. The van der Waals surface area contributed by atoms with Gasteiger partial charge >= 0.3 is 0 Å². The van der Waals surface area contributed by atoms with Crippen molar-refractivity contribution in [3.8, 4) is 0 Å². The second-order valence-corrected chi connectivity index (χ2v) is 9.04. The topological polar surface area (TPSA) is 33.6 Å². The van der Waals surface area contributed by atoms with Gasteiger partial charge in [0.05, 0.1) is 12.3 Å². The van der Waals surface area contributed by atoms with Crippen LogP contribution in [-0.2, 0) is 4.74 Å². The molecule has 0 saturated heterocycles. The van der Waals surface area contributed by atoms with Crippen LogP contribution in [0.5, 0.6) is 0 Å². The molecule has 1 aromatic rings. The molecule has 0 heterocycles. The zero-order valence-electron chi connectivity index (χ0n) is 25.4. The van der Waals surface area contributed by atoms with Crippen molar-refractivity contribution < 1.29 is 13.5 Å². The van der Waals surface area contributed by atoms with E-state index >= 15 is 0 Å². The highest BCUT2D eigenvalue weighted by Crippen LogP contribution is 2.20. The molecule has 0 atom stereocenters. The number of allylic oxidation sites excluding steroid dienone is 15. The molecule has 0 unspecified atom stereocenters. The normalized spacial score (nSPS) is 13.8. The highest BCUT2D eigenvalue weighted by molar-refractivity contribution is 5.80. The lowest BCUT2D eigenvalue weighted by molar-refractivity contribution is 0.244. The Morgan fingerprint density at radius 1 is 1.05 bits per heavy atom. The summed E-state index contributed by atoms with van der Waals surface area (Å²) in [6.07, 6.45) is 28.0. The SMILES string of the molecule is C=C/C(C)=C\C=C\CN\C=C(/N=C/C=C/C(=C/C)C/C=C\C(=C)C(/C=C\C(=C)OCC)=C/CC)c1ccc(F)cc1F. The minimum absolute atomic E-state index is 0.197. The number of ether oxygens (including phenoxy) is 1. The number of aliphatic imine (C=N–C) groups is 1. The van der Waals surface area contributed by atoms with Gasteiger partial charge in [-0.3, -0.25) is 4.99 Å². The van der Waals surface area contributed by atoms with E-state index in [1.165, 1.54) is 12.1 Å². The van der Waals surface area contributed by atoms with Crippen molar-refractivity contribution in [1.29, 1.82) is 0 Å². The molecule has 1 N–H and O–H groups in total. The molecule has 42 heavy (non-hydrogen) atoms. The number of hydrogen-bond acceptors (Lipinski definition) is 3. The molecule has 5 heteroatoms. The lowest BCUT2D eigenvalue weighted by Gasteiger charge is -2.05. The summed E-state index contributed by atoms with van der Waals surface area (Å²) in [4.78, 5) is 4.43. The van der Waals surface area contributed by atoms with Gasteiger partial charge in [-0.1, -0.05) is 93.0 Å². The molecule has 0 bridgehead atoms. The first-order valence-electron chi connectivity index (χ1n) is 14.0. The van der Waals surface area contributed by atoms with Gasteiger partial charge in [0.25, 0.3) is 0 Å². The fraction of sp³-hybridized carbons (Fsp3) is 0.216. The van der Waals surface area contributed by atoms with Crippen molar-refractivity contribution in [2.75, 3.05) is 13.2 Å². The fourth-order valence-corrected chi connectivity index (χ4v) is 3.41. The number of halogens is 2. The van der Waals surface area contributed by atoms with Crippen LogP contribution in [0.3, 0.4) is 0 Å². The van der Waals surface area contributed by atoms with E-state index in [2.05, 4.69) is 49.1 Å². The number of nitrogens with one attached hydrogen (secondary N) is 1. The Bertz CT molecular complexity index is 1330. The molecular weight excluding hydrogens is 526 g/mol. The first kappa shape index (κ1) is 35.5. The van der Waals surface area contributed by atoms with E-state index < -0.39 is 11.6 Å². The Morgan fingerprint density at radius 3 is 2.50 bits per heavy atom. The quantitative estimate of drug-likeness (QED) is 0.0824. The van der Waals surface area contributed by atoms with Crippen LogP contribution < -0.4 is 5.32 Å². The van der Waals surface area contributed by atoms with E-state index in [-0.39, 0.29) is 5.56 Å². The Kier molecular flexibility index (Phi) is 18.0. The van der Waals surface area contributed by atoms with Crippen LogP contribution >= 0.6 is 0 Å². The third-order valence-corrected chi connectivity index (χ3v) is 5.73. The largest absolute Gasteiger partial charge is 0.495 e. The summed E-state index contributed by atoms with van der Waals surface area (Å²) in [5.74, 6) is -0.714. The van der Waals surface area contributed by atoms with Gasteiger partial charge in [0.15, 0.2) is 0 Å². The Hall–Kier alpha value is -4.51. The van der Waals surface area contributed by atoms with Gasteiger partial charge in [0.1, 0.15) is 17.4 Å². The van der Waals surface area contributed by atoms with Gasteiger partial charge < -0.3 is 10.1 Å². The standard InChI is InChI=1S/C37H44F2N2O/c1-8-16-33(22-21-31(7)42-11-4)30(6)18-14-19-32(10-3)20-15-26-41-37(35-24-23-34(38)27-36(35)39)28-40-25-13-12-17-29(5)9-2/h9-10,12-18,20-24,26-28,40H,2,6-8,11,19,25H2,1,3-5H3/b13-12+,18-14-,20-15+,22-21-,29-17-,32-10+,33-16+,37-28-,41-26+. The number of nitrogens with zero attached hydrogens (tertiary/aromatic N) is 1. The summed E-state index contributed by atoms with van der Waals surface area (Å²) in [6, 6.07) is 3.44. The van der Waals surface area contributed by atoms with Gasteiger partial charge in [-0.15, -0.1) is 0 Å². The Labute approximate surface area is 251 Å². The molecule has 0 aliphatic heterocycles. The monoisotopic (exact) mass is 570 g/mol. The lowest BCUT2D eigenvalue weighted by atomic mass is 10.0. The molecular formula is C37H44F2N2O. The number of benzene rings is 1. The van der Waals surface area contributed by atoms with Crippen LogP contribution in [0.4, 0.5) is 8.78 Å². The molecule has 0 radical (unpaired) electrons. The van der Waals surface area contributed by atoms with Crippen molar-refractivity contribution in [1.82, 2.24) is 5.32 Å². The fourth-order valence-electron chi connectivity index (χ4n) is 3.41. The molecule has 0 aliphatic rings. The van der Waals surface area contributed by atoms with E-state index in [0.717, 1.165) is 34.8 Å². The van der Waals surface area contributed by atoms with E-state index in [0.29, 0.717) is 31.0 Å². The molecule has 3 nitrogen and oxygen atoms in total. The summed E-state index contributed by atoms with van der Waals surface area (Å²) in [5, 5.41) is 3.10. The molecule has 1 rings (SSSR count). The molecule has 0 spiro atoms. The molecule has 0 aliphatic carbocycles. The minimum Gasteiger partial charge on any atom is -0.495 e. The Balaban J connectivity index is 2.95. The van der Waals surface area contributed by atoms with Gasteiger partial charge in [-0.05, 0) is 74.6 Å². The highest BCUT2D eigenvalue weighted by atomic mass is 19.1. The first-order chi connectivity index (χ1) is 20.2. The predicted molar refractivity (Wildman–Crippen MR) is 178 cm³/mol. The molecule has 0 aromatic heterocycles. The molecule has 0 saturated carbocycles. The van der Waals surface area contributed by atoms with E-state index in [9.17, 15) is 8.78 Å². The van der Waals surface area contributed by atoms with E-state index in [1.807, 2.05) is 69.4 Å². The third-order valence-electron chi connectivity index (χ3n) is 5.73. The second-order valence-electron chi connectivity index (χ2n) is 9.04. The molecule has 0 amide bonds.